The summed E-state index contributed by atoms with van der Waals surface area (Å²) in [6, 6.07) is 8.43. The molecule has 4 amide bonds. The second-order valence-corrected chi connectivity index (χ2v) is 5.88. The summed E-state index contributed by atoms with van der Waals surface area (Å²) in [5.41, 5.74) is 0.253. The highest BCUT2D eigenvalue weighted by Gasteiger charge is 2.18. The highest BCUT2D eigenvalue weighted by molar-refractivity contribution is 6.07. The number of anilines is 1. The summed E-state index contributed by atoms with van der Waals surface area (Å²) in [7, 11) is 0. The zero-order valence-electron chi connectivity index (χ0n) is 15.5. The summed E-state index contributed by atoms with van der Waals surface area (Å²) in [6.07, 6.45) is 2.06. The highest BCUT2D eigenvalue weighted by Crippen LogP contribution is 2.17. The number of ether oxygens (including phenoxy) is 1. The molecule has 148 valence electrons. The van der Waals surface area contributed by atoms with Crippen LogP contribution in [-0.2, 0) is 9.53 Å². The van der Waals surface area contributed by atoms with Gasteiger partial charge in [-0.2, -0.15) is 0 Å². The number of amides is 4. The van der Waals surface area contributed by atoms with Crippen LogP contribution in [0, 0.1) is 0 Å². The van der Waals surface area contributed by atoms with Gasteiger partial charge in [0.05, 0.1) is 17.5 Å². The molecule has 0 aliphatic rings. The van der Waals surface area contributed by atoms with Crippen LogP contribution in [-0.4, -0.2) is 36.5 Å². The molecule has 0 saturated carbocycles. The van der Waals surface area contributed by atoms with Crippen molar-refractivity contribution in [3.63, 3.8) is 0 Å². The van der Waals surface area contributed by atoms with E-state index in [0.717, 1.165) is 0 Å². The Morgan fingerprint density at radius 1 is 1.11 bits per heavy atom. The summed E-state index contributed by atoms with van der Waals surface area (Å²) < 4.78 is 9.93. The third-order valence-electron chi connectivity index (χ3n) is 3.72. The van der Waals surface area contributed by atoms with Gasteiger partial charge in [-0.1, -0.05) is 19.1 Å². The molecular formula is C19H21N3O6. The minimum atomic E-state index is -0.826. The van der Waals surface area contributed by atoms with Crippen LogP contribution in [0.4, 0.5) is 10.5 Å². The van der Waals surface area contributed by atoms with E-state index in [1.165, 1.54) is 24.5 Å². The van der Waals surface area contributed by atoms with Gasteiger partial charge < -0.3 is 19.8 Å². The molecular weight excluding hydrogens is 366 g/mol. The molecule has 3 N–H and O–H groups in total. The van der Waals surface area contributed by atoms with Crippen molar-refractivity contribution in [1.29, 1.82) is 0 Å². The number of carbonyl (C=O) groups excluding carboxylic acids is 4. The van der Waals surface area contributed by atoms with E-state index in [1.54, 1.807) is 25.1 Å². The largest absolute Gasteiger partial charge is 0.459 e. The van der Waals surface area contributed by atoms with Crippen LogP contribution in [0.15, 0.2) is 47.1 Å². The summed E-state index contributed by atoms with van der Waals surface area (Å²) >= 11 is 0. The molecule has 28 heavy (non-hydrogen) atoms. The van der Waals surface area contributed by atoms with Gasteiger partial charge in [0.2, 0.25) is 0 Å². The number of para-hydroxylation sites is 1. The summed E-state index contributed by atoms with van der Waals surface area (Å²) in [6.45, 7) is 3.03. The molecule has 0 radical (unpaired) electrons. The Bertz CT molecular complexity index is 847. The molecule has 9 nitrogen and oxygen atoms in total. The van der Waals surface area contributed by atoms with Crippen molar-refractivity contribution < 1.29 is 28.3 Å². The first-order valence-corrected chi connectivity index (χ1v) is 8.62. The molecule has 9 heteroatoms. The molecule has 0 bridgehead atoms. The molecule has 1 aromatic heterocycles. The van der Waals surface area contributed by atoms with Crippen molar-refractivity contribution in [2.75, 3.05) is 11.9 Å². The standard InChI is InChI=1S/C19H21N3O6/c1-3-12(2)20-19(26)22-16(23)11-28-18(25)13-7-4-5-8-14(13)21-17(24)15-9-6-10-27-15/h4-10,12H,3,11H2,1-2H3,(H,21,24)(H2,20,22,23,26)/t12-/m0/s1. The van der Waals surface area contributed by atoms with Gasteiger partial charge in [-0.3, -0.25) is 14.9 Å². The van der Waals surface area contributed by atoms with Crippen LogP contribution >= 0.6 is 0 Å². The van der Waals surface area contributed by atoms with E-state index in [0.29, 0.717) is 6.42 Å². The normalized spacial score (nSPS) is 11.2. The highest BCUT2D eigenvalue weighted by atomic mass is 16.5. The van der Waals surface area contributed by atoms with E-state index in [9.17, 15) is 19.2 Å². The van der Waals surface area contributed by atoms with Gasteiger partial charge in [0.1, 0.15) is 0 Å². The fraction of sp³-hybridized carbons (Fsp3) is 0.263. The van der Waals surface area contributed by atoms with Gasteiger partial charge in [0.15, 0.2) is 12.4 Å². The SMILES string of the molecule is CC[C@H](C)NC(=O)NC(=O)COC(=O)c1ccccc1NC(=O)c1ccco1. The van der Waals surface area contributed by atoms with Gasteiger partial charge in [-0.25, -0.2) is 9.59 Å². The van der Waals surface area contributed by atoms with Gasteiger partial charge in [-0.05, 0) is 37.6 Å². The van der Waals surface area contributed by atoms with Crippen LogP contribution in [0.1, 0.15) is 41.2 Å². The maximum absolute atomic E-state index is 12.3. The summed E-state index contributed by atoms with van der Waals surface area (Å²) in [5.74, 6) is -2.06. The number of nitrogens with one attached hydrogen (secondary N) is 3. The maximum Gasteiger partial charge on any atom is 0.340 e. The predicted molar refractivity (Wildman–Crippen MR) is 99.8 cm³/mol. The van der Waals surface area contributed by atoms with Crippen molar-refractivity contribution in [3.05, 3.63) is 54.0 Å². The van der Waals surface area contributed by atoms with E-state index >= 15 is 0 Å². The van der Waals surface area contributed by atoms with Crippen molar-refractivity contribution >= 4 is 29.5 Å². The number of benzene rings is 1. The van der Waals surface area contributed by atoms with E-state index in [4.69, 9.17) is 9.15 Å². The summed E-state index contributed by atoms with van der Waals surface area (Å²) in [4.78, 5) is 47.7. The predicted octanol–water partition coefficient (Wildman–Crippen LogP) is 2.31. The lowest BCUT2D eigenvalue weighted by atomic mass is 10.1. The van der Waals surface area contributed by atoms with E-state index in [1.807, 2.05) is 6.92 Å². The average molecular weight is 387 g/mol. The number of carbonyl (C=O) groups is 4. The Hall–Kier alpha value is -3.62. The molecule has 0 unspecified atom stereocenters. The van der Waals surface area contributed by atoms with Crippen LogP contribution in [0.2, 0.25) is 0 Å². The monoisotopic (exact) mass is 387 g/mol. The average Bonchev–Trinajstić information content (AvgIpc) is 3.21. The second-order valence-electron chi connectivity index (χ2n) is 5.88. The summed E-state index contributed by atoms with van der Waals surface area (Å²) in [5, 5.41) is 7.17. The molecule has 1 aromatic carbocycles. The van der Waals surface area contributed by atoms with Gasteiger partial charge in [0, 0.05) is 6.04 Å². The molecule has 0 aliphatic heterocycles. The smallest absolute Gasteiger partial charge is 0.340 e. The fourth-order valence-corrected chi connectivity index (χ4v) is 2.10. The van der Waals surface area contributed by atoms with Crippen LogP contribution < -0.4 is 16.0 Å². The molecule has 2 aromatic rings. The first-order chi connectivity index (χ1) is 13.4. The second kappa shape index (κ2) is 9.91. The number of imide groups is 1. The van der Waals surface area contributed by atoms with E-state index in [2.05, 4.69) is 16.0 Å². The maximum atomic E-state index is 12.3. The molecule has 2 rings (SSSR count). The van der Waals surface area contributed by atoms with Crippen molar-refractivity contribution in [2.24, 2.45) is 0 Å². The lowest BCUT2D eigenvalue weighted by molar-refractivity contribution is -0.123. The minimum absolute atomic E-state index is 0.0549. The first kappa shape index (κ1) is 20.7. The molecule has 1 heterocycles. The molecule has 0 fully saturated rings. The molecule has 0 saturated heterocycles. The topological polar surface area (TPSA) is 127 Å². The Balaban J connectivity index is 1.93. The third kappa shape index (κ3) is 5.97. The Labute approximate surface area is 161 Å². The molecule has 0 spiro atoms. The van der Waals surface area contributed by atoms with Crippen molar-refractivity contribution in [1.82, 2.24) is 10.6 Å². The van der Waals surface area contributed by atoms with Gasteiger partial charge >= 0.3 is 12.0 Å². The van der Waals surface area contributed by atoms with Crippen LogP contribution in [0.3, 0.4) is 0 Å². The number of hydrogen-bond donors (Lipinski definition) is 3. The third-order valence-corrected chi connectivity index (χ3v) is 3.72. The van der Waals surface area contributed by atoms with Crippen molar-refractivity contribution in [3.8, 4) is 0 Å². The fourth-order valence-electron chi connectivity index (χ4n) is 2.10. The zero-order valence-corrected chi connectivity index (χ0v) is 15.5. The van der Waals surface area contributed by atoms with Crippen LogP contribution in [0.5, 0.6) is 0 Å². The minimum Gasteiger partial charge on any atom is -0.459 e. The number of esters is 1. The Kier molecular flexibility index (Phi) is 7.32. The van der Waals surface area contributed by atoms with Gasteiger partial charge in [-0.15, -0.1) is 0 Å². The zero-order chi connectivity index (χ0) is 20.5. The van der Waals surface area contributed by atoms with E-state index < -0.39 is 30.4 Å². The quantitative estimate of drug-likeness (QED) is 0.626. The molecule has 0 aliphatic carbocycles. The van der Waals surface area contributed by atoms with Crippen LogP contribution in [0.25, 0.3) is 0 Å². The first-order valence-electron chi connectivity index (χ1n) is 8.62. The molecule has 1 atom stereocenters. The lowest BCUT2D eigenvalue weighted by Crippen LogP contribution is -2.44. The van der Waals surface area contributed by atoms with E-state index in [-0.39, 0.29) is 23.1 Å². The Morgan fingerprint density at radius 3 is 2.54 bits per heavy atom. The number of furan rings is 1. The number of hydrogen-bond acceptors (Lipinski definition) is 6. The Morgan fingerprint density at radius 2 is 1.86 bits per heavy atom. The lowest BCUT2D eigenvalue weighted by Gasteiger charge is -2.12. The van der Waals surface area contributed by atoms with Crippen molar-refractivity contribution in [2.45, 2.75) is 26.3 Å². The number of rotatable bonds is 7. The van der Waals surface area contributed by atoms with Gasteiger partial charge in [0.25, 0.3) is 11.8 Å². The number of urea groups is 1.